The molecule has 72 valence electrons. The number of cyclic esters (lactones) is 1. The minimum absolute atomic E-state index is 0.131. The Bertz CT molecular complexity index is 367. The highest BCUT2D eigenvalue weighted by Gasteiger charge is 2.31. The van der Waals surface area contributed by atoms with Gasteiger partial charge in [-0.2, -0.15) is 0 Å². The molecule has 1 atom stereocenters. The third kappa shape index (κ3) is 1.37. The molecule has 0 amide bonds. The van der Waals surface area contributed by atoms with Gasteiger partial charge in [0.2, 0.25) is 0 Å². The highest BCUT2D eigenvalue weighted by molar-refractivity contribution is 5.92. The molecule has 1 heterocycles. The van der Waals surface area contributed by atoms with E-state index in [4.69, 9.17) is 9.84 Å². The third-order valence-electron chi connectivity index (χ3n) is 2.33. The van der Waals surface area contributed by atoms with E-state index in [0.29, 0.717) is 12.2 Å². The van der Waals surface area contributed by atoms with Crippen LogP contribution in [0.2, 0.25) is 0 Å². The highest BCUT2D eigenvalue weighted by atomic mass is 16.5. The van der Waals surface area contributed by atoms with Crippen molar-refractivity contribution in [2.24, 2.45) is 0 Å². The van der Waals surface area contributed by atoms with Crippen molar-refractivity contribution in [3.63, 3.8) is 0 Å². The van der Waals surface area contributed by atoms with Crippen LogP contribution in [-0.2, 0) is 9.53 Å². The molecule has 0 radical (unpaired) electrons. The van der Waals surface area contributed by atoms with E-state index >= 15 is 0 Å². The summed E-state index contributed by atoms with van der Waals surface area (Å²) in [4.78, 5) is 11.1. The fourth-order valence-electron chi connectivity index (χ4n) is 1.58. The zero-order valence-corrected chi connectivity index (χ0v) is 7.51. The molecule has 2 rings (SSSR count). The molecule has 1 aromatic rings. The molecular weight excluding hydrogens is 180 g/mol. The standard InChI is InChI=1S/C11H10O3/c12-6-9-10(7-14-11(9)13)8-4-2-1-3-5-8/h1-6,10,12H,7H2/b9-6+/t10-/m1/s1. The van der Waals surface area contributed by atoms with Crippen LogP contribution in [0.5, 0.6) is 0 Å². The predicted molar refractivity (Wildman–Crippen MR) is 50.9 cm³/mol. The molecule has 0 unspecified atom stereocenters. The van der Waals surface area contributed by atoms with Crippen molar-refractivity contribution in [2.45, 2.75) is 5.92 Å². The number of carbonyl (C=O) groups excluding carboxylic acids is 1. The zero-order chi connectivity index (χ0) is 9.97. The summed E-state index contributed by atoms with van der Waals surface area (Å²) in [5.74, 6) is -0.560. The molecule has 1 N–H and O–H groups in total. The molecule has 0 spiro atoms. The highest BCUT2D eigenvalue weighted by Crippen LogP contribution is 2.30. The van der Waals surface area contributed by atoms with Crippen molar-refractivity contribution in [1.29, 1.82) is 0 Å². The third-order valence-corrected chi connectivity index (χ3v) is 2.33. The number of hydrogen-bond acceptors (Lipinski definition) is 3. The topological polar surface area (TPSA) is 46.5 Å². The van der Waals surface area contributed by atoms with Gasteiger partial charge in [-0.3, -0.25) is 0 Å². The number of aliphatic hydroxyl groups is 1. The number of benzene rings is 1. The Balaban J connectivity index is 2.33. The first-order valence-electron chi connectivity index (χ1n) is 4.39. The van der Waals surface area contributed by atoms with Crippen LogP contribution in [0.4, 0.5) is 0 Å². The Hall–Kier alpha value is -1.77. The molecule has 0 aromatic heterocycles. The van der Waals surface area contributed by atoms with E-state index in [1.807, 2.05) is 30.3 Å². The maximum Gasteiger partial charge on any atom is 0.337 e. The van der Waals surface area contributed by atoms with Crippen molar-refractivity contribution >= 4 is 5.97 Å². The van der Waals surface area contributed by atoms with Crippen LogP contribution in [0, 0.1) is 0 Å². The lowest BCUT2D eigenvalue weighted by molar-refractivity contribution is -0.135. The van der Waals surface area contributed by atoms with Gasteiger partial charge in [-0.05, 0) is 5.56 Å². The van der Waals surface area contributed by atoms with Crippen molar-refractivity contribution in [1.82, 2.24) is 0 Å². The fourth-order valence-corrected chi connectivity index (χ4v) is 1.58. The second-order valence-corrected chi connectivity index (χ2v) is 3.15. The van der Waals surface area contributed by atoms with Crippen molar-refractivity contribution in [3.05, 3.63) is 47.7 Å². The van der Waals surface area contributed by atoms with Crippen LogP contribution in [0.25, 0.3) is 0 Å². The molecule has 1 aliphatic rings. The first-order chi connectivity index (χ1) is 6.83. The largest absolute Gasteiger partial charge is 0.515 e. The van der Waals surface area contributed by atoms with Gasteiger partial charge in [0.25, 0.3) is 0 Å². The van der Waals surface area contributed by atoms with Gasteiger partial charge in [0, 0.05) is 0 Å². The lowest BCUT2D eigenvalue weighted by Crippen LogP contribution is -2.01. The van der Waals surface area contributed by atoms with E-state index in [2.05, 4.69) is 0 Å². The Morgan fingerprint density at radius 3 is 2.71 bits per heavy atom. The van der Waals surface area contributed by atoms with Gasteiger partial charge in [0.1, 0.15) is 6.61 Å². The molecule has 0 aliphatic carbocycles. The first-order valence-corrected chi connectivity index (χ1v) is 4.39. The number of carbonyl (C=O) groups is 1. The summed E-state index contributed by atoms with van der Waals surface area (Å²) in [5.41, 5.74) is 1.31. The minimum atomic E-state index is -0.429. The van der Waals surface area contributed by atoms with Crippen LogP contribution in [0.3, 0.4) is 0 Å². The Labute approximate surface area is 81.6 Å². The van der Waals surface area contributed by atoms with Crippen molar-refractivity contribution in [2.75, 3.05) is 6.61 Å². The summed E-state index contributed by atoms with van der Waals surface area (Å²) in [7, 11) is 0. The number of rotatable bonds is 1. The summed E-state index contributed by atoms with van der Waals surface area (Å²) < 4.78 is 4.86. The van der Waals surface area contributed by atoms with Gasteiger partial charge in [0.05, 0.1) is 17.8 Å². The summed E-state index contributed by atoms with van der Waals surface area (Å²) in [6.45, 7) is 0.315. The van der Waals surface area contributed by atoms with Crippen LogP contribution in [0.1, 0.15) is 11.5 Å². The van der Waals surface area contributed by atoms with E-state index in [9.17, 15) is 4.79 Å². The zero-order valence-electron chi connectivity index (χ0n) is 7.51. The maximum absolute atomic E-state index is 11.1. The van der Waals surface area contributed by atoms with Crippen molar-refractivity contribution in [3.8, 4) is 0 Å². The predicted octanol–water partition coefficient (Wildman–Crippen LogP) is 1.77. The summed E-state index contributed by atoms with van der Waals surface area (Å²) in [5, 5.41) is 8.91. The lowest BCUT2D eigenvalue weighted by atomic mass is 9.95. The summed E-state index contributed by atoms with van der Waals surface area (Å²) in [6.07, 6.45) is 0.840. The van der Waals surface area contributed by atoms with Crippen molar-refractivity contribution < 1.29 is 14.6 Å². The molecule has 1 aromatic carbocycles. The summed E-state index contributed by atoms with van der Waals surface area (Å²) >= 11 is 0. The van der Waals surface area contributed by atoms with Gasteiger partial charge in [-0.1, -0.05) is 30.3 Å². The Morgan fingerprint density at radius 2 is 2.07 bits per heavy atom. The fraction of sp³-hybridized carbons (Fsp3) is 0.182. The second kappa shape index (κ2) is 3.54. The van der Waals surface area contributed by atoms with Crippen LogP contribution in [0.15, 0.2) is 42.2 Å². The number of hydrogen-bond donors (Lipinski definition) is 1. The van der Waals surface area contributed by atoms with Gasteiger partial charge in [-0.25, -0.2) is 4.79 Å². The molecule has 3 nitrogen and oxygen atoms in total. The normalized spacial score (nSPS) is 23.9. The van der Waals surface area contributed by atoms with Gasteiger partial charge in [0.15, 0.2) is 0 Å². The van der Waals surface area contributed by atoms with E-state index in [0.717, 1.165) is 11.8 Å². The molecular formula is C11H10O3. The van der Waals surface area contributed by atoms with E-state index in [1.54, 1.807) is 0 Å². The number of aliphatic hydroxyl groups excluding tert-OH is 1. The van der Waals surface area contributed by atoms with Crippen LogP contribution >= 0.6 is 0 Å². The second-order valence-electron chi connectivity index (χ2n) is 3.15. The number of esters is 1. The molecule has 1 fully saturated rings. The van der Waals surface area contributed by atoms with Gasteiger partial charge >= 0.3 is 5.97 Å². The maximum atomic E-state index is 11.1. The van der Waals surface area contributed by atoms with E-state index < -0.39 is 5.97 Å². The average molecular weight is 190 g/mol. The average Bonchev–Trinajstić information content (AvgIpc) is 2.61. The smallest absolute Gasteiger partial charge is 0.337 e. The number of ether oxygens (including phenoxy) is 1. The molecule has 0 bridgehead atoms. The SMILES string of the molecule is O=C1OC[C@H](c2ccccc2)/C1=C\O. The van der Waals surface area contributed by atoms with E-state index in [1.165, 1.54) is 0 Å². The minimum Gasteiger partial charge on any atom is -0.515 e. The lowest BCUT2D eigenvalue weighted by Gasteiger charge is -2.06. The molecule has 14 heavy (non-hydrogen) atoms. The Morgan fingerprint density at radius 1 is 1.36 bits per heavy atom. The summed E-state index contributed by atoms with van der Waals surface area (Å²) in [6, 6.07) is 9.52. The van der Waals surface area contributed by atoms with Crippen LogP contribution < -0.4 is 0 Å². The van der Waals surface area contributed by atoms with E-state index in [-0.39, 0.29) is 5.92 Å². The molecule has 3 heteroatoms. The quantitative estimate of drug-likeness (QED) is 0.417. The van der Waals surface area contributed by atoms with Crippen LogP contribution in [-0.4, -0.2) is 17.7 Å². The molecule has 1 aliphatic heterocycles. The monoisotopic (exact) mass is 190 g/mol. The van der Waals surface area contributed by atoms with Gasteiger partial charge < -0.3 is 9.84 Å². The van der Waals surface area contributed by atoms with Gasteiger partial charge in [-0.15, -0.1) is 0 Å². The Kier molecular flexibility index (Phi) is 2.23. The molecule has 0 saturated carbocycles. The molecule has 1 saturated heterocycles. The first kappa shape index (κ1) is 8.81.